The number of para-hydroxylation sites is 1. The predicted molar refractivity (Wildman–Crippen MR) is 97.7 cm³/mol. The molecular formula is C19H21NO3S. The first-order chi connectivity index (χ1) is 11.5. The Morgan fingerprint density at radius 1 is 1.08 bits per heavy atom. The molecule has 2 aromatic carbocycles. The molecule has 0 heterocycles. The fraction of sp³-hybridized carbons (Fsp3) is 0.263. The average molecular weight is 343 g/mol. The first kappa shape index (κ1) is 18.1. The Balaban J connectivity index is 1.92. The van der Waals surface area contributed by atoms with Gasteiger partial charge in [0.1, 0.15) is 0 Å². The number of esters is 1. The Kier molecular flexibility index (Phi) is 6.44. The van der Waals surface area contributed by atoms with Crippen LogP contribution in [-0.4, -0.2) is 24.7 Å². The van der Waals surface area contributed by atoms with Crippen molar-refractivity contribution in [1.29, 1.82) is 0 Å². The van der Waals surface area contributed by atoms with Gasteiger partial charge in [0.15, 0.2) is 6.61 Å². The molecule has 0 aliphatic carbocycles. The summed E-state index contributed by atoms with van der Waals surface area (Å²) in [6.45, 7) is 3.81. The van der Waals surface area contributed by atoms with Gasteiger partial charge in [-0.3, -0.25) is 4.79 Å². The van der Waals surface area contributed by atoms with E-state index in [-0.39, 0.29) is 12.5 Å². The van der Waals surface area contributed by atoms with Crippen LogP contribution in [0.1, 0.15) is 35.7 Å². The van der Waals surface area contributed by atoms with Crippen LogP contribution in [0.15, 0.2) is 53.4 Å². The molecule has 0 unspecified atom stereocenters. The highest BCUT2D eigenvalue weighted by Crippen LogP contribution is 2.23. The number of carbonyl (C=O) groups is 2. The van der Waals surface area contributed by atoms with Gasteiger partial charge in [0.05, 0.1) is 5.56 Å². The van der Waals surface area contributed by atoms with E-state index in [4.69, 9.17) is 4.74 Å². The minimum atomic E-state index is -0.505. The maximum absolute atomic E-state index is 12.0. The number of hydrogen-bond acceptors (Lipinski definition) is 4. The van der Waals surface area contributed by atoms with Gasteiger partial charge < -0.3 is 10.1 Å². The Labute approximate surface area is 146 Å². The summed E-state index contributed by atoms with van der Waals surface area (Å²) in [6, 6.07) is 14.7. The molecule has 0 radical (unpaired) electrons. The molecule has 0 saturated carbocycles. The molecule has 0 aromatic heterocycles. The molecule has 0 fully saturated rings. The van der Waals surface area contributed by atoms with Crippen LogP contribution in [-0.2, 0) is 9.53 Å². The topological polar surface area (TPSA) is 55.4 Å². The quantitative estimate of drug-likeness (QED) is 0.627. The average Bonchev–Trinajstić information content (AvgIpc) is 2.60. The summed E-state index contributed by atoms with van der Waals surface area (Å²) < 4.78 is 5.08. The Morgan fingerprint density at radius 2 is 1.75 bits per heavy atom. The van der Waals surface area contributed by atoms with Gasteiger partial charge in [0, 0.05) is 10.6 Å². The van der Waals surface area contributed by atoms with Crippen molar-refractivity contribution in [2.75, 3.05) is 18.2 Å². The van der Waals surface area contributed by atoms with Crippen LogP contribution in [0.25, 0.3) is 0 Å². The number of rotatable bonds is 6. The van der Waals surface area contributed by atoms with E-state index in [1.54, 1.807) is 23.9 Å². The van der Waals surface area contributed by atoms with E-state index in [2.05, 4.69) is 19.2 Å². The van der Waals surface area contributed by atoms with Gasteiger partial charge in [-0.15, -0.1) is 11.8 Å². The lowest BCUT2D eigenvalue weighted by Crippen LogP contribution is -2.21. The van der Waals surface area contributed by atoms with Gasteiger partial charge in [-0.2, -0.15) is 0 Å². The maximum Gasteiger partial charge on any atom is 0.338 e. The first-order valence-electron chi connectivity index (χ1n) is 7.71. The van der Waals surface area contributed by atoms with Crippen LogP contribution < -0.4 is 5.32 Å². The number of thioether (sulfide) groups is 1. The third-order valence-electron chi connectivity index (χ3n) is 3.52. The minimum Gasteiger partial charge on any atom is -0.452 e. The zero-order chi connectivity index (χ0) is 17.5. The van der Waals surface area contributed by atoms with Gasteiger partial charge in [-0.25, -0.2) is 4.79 Å². The largest absolute Gasteiger partial charge is 0.452 e. The molecule has 0 aliphatic heterocycles. The fourth-order valence-corrected chi connectivity index (χ4v) is 2.65. The molecule has 1 N–H and O–H groups in total. The van der Waals surface area contributed by atoms with Crippen LogP contribution in [0, 0.1) is 0 Å². The molecule has 0 aliphatic rings. The van der Waals surface area contributed by atoms with Crippen molar-refractivity contribution in [3.63, 3.8) is 0 Å². The molecule has 2 rings (SSSR count). The van der Waals surface area contributed by atoms with Crippen molar-refractivity contribution in [2.24, 2.45) is 0 Å². The van der Waals surface area contributed by atoms with E-state index in [0.29, 0.717) is 11.5 Å². The van der Waals surface area contributed by atoms with Crippen LogP contribution in [0.2, 0.25) is 0 Å². The molecule has 0 saturated heterocycles. The van der Waals surface area contributed by atoms with Gasteiger partial charge in [0.25, 0.3) is 5.91 Å². The molecule has 5 heteroatoms. The standard InChI is InChI=1S/C19H21NO3S/c1-13(2)16-6-4-5-7-17(16)20-18(21)12-23-19(22)14-8-10-15(24-3)11-9-14/h4-11,13H,12H2,1-3H3,(H,20,21). The molecule has 4 nitrogen and oxygen atoms in total. The van der Waals surface area contributed by atoms with E-state index in [1.165, 1.54) is 0 Å². The van der Waals surface area contributed by atoms with Gasteiger partial charge in [0.2, 0.25) is 0 Å². The maximum atomic E-state index is 12.0. The second-order valence-corrected chi connectivity index (χ2v) is 6.47. The predicted octanol–water partition coefficient (Wildman–Crippen LogP) is 4.33. The summed E-state index contributed by atoms with van der Waals surface area (Å²) in [5.41, 5.74) is 2.23. The second-order valence-electron chi connectivity index (χ2n) is 5.59. The number of carbonyl (C=O) groups excluding carboxylic acids is 2. The summed E-state index contributed by atoms with van der Waals surface area (Å²) in [7, 11) is 0. The Hall–Kier alpha value is -2.27. The Bertz CT molecular complexity index is 711. The van der Waals surface area contributed by atoms with E-state index >= 15 is 0 Å². The normalized spacial score (nSPS) is 10.5. The number of hydrogen-bond donors (Lipinski definition) is 1. The van der Waals surface area contributed by atoms with E-state index < -0.39 is 5.97 Å². The number of nitrogens with one attached hydrogen (secondary N) is 1. The van der Waals surface area contributed by atoms with E-state index in [1.807, 2.05) is 42.7 Å². The smallest absolute Gasteiger partial charge is 0.338 e. The first-order valence-corrected chi connectivity index (χ1v) is 8.93. The number of ether oxygens (including phenoxy) is 1. The molecule has 1 amide bonds. The lowest BCUT2D eigenvalue weighted by Gasteiger charge is -2.13. The monoisotopic (exact) mass is 343 g/mol. The highest BCUT2D eigenvalue weighted by Gasteiger charge is 2.12. The summed E-state index contributed by atoms with van der Waals surface area (Å²) in [5, 5.41) is 2.80. The molecule has 0 bridgehead atoms. The van der Waals surface area contributed by atoms with Crippen LogP contribution in [0.3, 0.4) is 0 Å². The van der Waals surface area contributed by atoms with E-state index in [9.17, 15) is 9.59 Å². The van der Waals surface area contributed by atoms with Gasteiger partial charge >= 0.3 is 5.97 Å². The molecule has 2 aromatic rings. The lowest BCUT2D eigenvalue weighted by molar-refractivity contribution is -0.119. The molecule has 24 heavy (non-hydrogen) atoms. The number of benzene rings is 2. The number of anilines is 1. The SMILES string of the molecule is CSc1ccc(C(=O)OCC(=O)Nc2ccccc2C(C)C)cc1. The summed E-state index contributed by atoms with van der Waals surface area (Å²) in [4.78, 5) is 25.1. The summed E-state index contributed by atoms with van der Waals surface area (Å²) in [6.07, 6.45) is 1.96. The minimum absolute atomic E-state index is 0.291. The van der Waals surface area contributed by atoms with Crippen molar-refractivity contribution in [3.05, 3.63) is 59.7 Å². The third kappa shape index (κ3) is 4.86. The van der Waals surface area contributed by atoms with Gasteiger partial charge in [-0.05, 0) is 48.1 Å². The highest BCUT2D eigenvalue weighted by atomic mass is 32.2. The van der Waals surface area contributed by atoms with Crippen LogP contribution in [0.5, 0.6) is 0 Å². The van der Waals surface area contributed by atoms with Crippen molar-refractivity contribution >= 4 is 29.3 Å². The second kappa shape index (κ2) is 8.55. The van der Waals surface area contributed by atoms with Crippen LogP contribution >= 0.6 is 11.8 Å². The molecule has 0 spiro atoms. The lowest BCUT2D eigenvalue weighted by atomic mass is 10.0. The zero-order valence-electron chi connectivity index (χ0n) is 14.0. The van der Waals surface area contributed by atoms with Crippen molar-refractivity contribution < 1.29 is 14.3 Å². The summed E-state index contributed by atoms with van der Waals surface area (Å²) in [5.74, 6) is -0.564. The molecular weight excluding hydrogens is 322 g/mol. The Morgan fingerprint density at radius 3 is 2.38 bits per heavy atom. The fourth-order valence-electron chi connectivity index (χ4n) is 2.24. The van der Waals surface area contributed by atoms with Crippen molar-refractivity contribution in [1.82, 2.24) is 0 Å². The third-order valence-corrected chi connectivity index (χ3v) is 4.26. The molecule has 126 valence electrons. The zero-order valence-corrected chi connectivity index (χ0v) is 14.9. The summed E-state index contributed by atoms with van der Waals surface area (Å²) >= 11 is 1.60. The molecule has 0 atom stereocenters. The number of amides is 1. The van der Waals surface area contributed by atoms with Gasteiger partial charge in [-0.1, -0.05) is 32.0 Å². The van der Waals surface area contributed by atoms with Crippen molar-refractivity contribution in [3.8, 4) is 0 Å². The van der Waals surface area contributed by atoms with Crippen molar-refractivity contribution in [2.45, 2.75) is 24.7 Å². The van der Waals surface area contributed by atoms with Crippen LogP contribution in [0.4, 0.5) is 5.69 Å². The van der Waals surface area contributed by atoms with E-state index in [0.717, 1.165) is 16.1 Å². The highest BCUT2D eigenvalue weighted by molar-refractivity contribution is 7.98.